The van der Waals surface area contributed by atoms with E-state index >= 15 is 0 Å². The van der Waals surface area contributed by atoms with Crippen molar-refractivity contribution >= 4 is 17.7 Å². The summed E-state index contributed by atoms with van der Waals surface area (Å²) >= 11 is 0. The summed E-state index contributed by atoms with van der Waals surface area (Å²) in [5.74, 6) is -1.24. The third-order valence-electron chi connectivity index (χ3n) is 3.76. The third kappa shape index (κ3) is 3.56. The molecule has 0 aromatic heterocycles. The first-order chi connectivity index (χ1) is 10.5. The minimum Gasteiger partial charge on any atom is -0.506 e. The summed E-state index contributed by atoms with van der Waals surface area (Å²) in [5.41, 5.74) is -1.41. The van der Waals surface area contributed by atoms with Gasteiger partial charge in [0.05, 0.1) is 17.2 Å². The SMILES string of the molecule is CC(C)(C)OC(=O)Nc1cc(C2(C(=O)O)CC(O)C2)ccc1O. The van der Waals surface area contributed by atoms with Crippen LogP contribution >= 0.6 is 0 Å². The standard InChI is InChI=1S/C16H21NO6/c1-15(2,3)23-14(22)17-11-6-9(4-5-12(11)19)16(13(20)21)7-10(18)8-16/h4-6,10,18-19H,7-8H2,1-3H3,(H,17,22)(H,20,21). The second-order valence-corrected chi connectivity index (χ2v) is 6.81. The van der Waals surface area contributed by atoms with Gasteiger partial charge in [-0.25, -0.2) is 4.79 Å². The lowest BCUT2D eigenvalue weighted by molar-refractivity contribution is -0.152. The topological polar surface area (TPSA) is 116 Å². The van der Waals surface area contributed by atoms with Crippen LogP contribution in [0.1, 0.15) is 39.2 Å². The number of aromatic hydroxyl groups is 1. The minimum absolute atomic E-state index is 0.0683. The molecular weight excluding hydrogens is 302 g/mol. The van der Waals surface area contributed by atoms with Gasteiger partial charge in [-0.3, -0.25) is 10.1 Å². The zero-order valence-electron chi connectivity index (χ0n) is 13.3. The van der Waals surface area contributed by atoms with Crippen LogP contribution in [0, 0.1) is 0 Å². The van der Waals surface area contributed by atoms with Crippen molar-refractivity contribution in [2.75, 3.05) is 5.32 Å². The van der Waals surface area contributed by atoms with Crippen LogP contribution in [0.4, 0.5) is 10.5 Å². The molecule has 2 rings (SSSR count). The summed E-state index contributed by atoms with van der Waals surface area (Å²) < 4.78 is 5.11. The first kappa shape index (κ1) is 17.1. The lowest BCUT2D eigenvalue weighted by atomic mass is 9.62. The average Bonchev–Trinajstić information content (AvgIpc) is 2.35. The number of ether oxygens (including phenoxy) is 1. The molecule has 7 heteroatoms. The summed E-state index contributed by atoms with van der Waals surface area (Å²) in [6, 6.07) is 4.20. The highest BCUT2D eigenvalue weighted by Gasteiger charge is 2.51. The lowest BCUT2D eigenvalue weighted by Crippen LogP contribution is -2.50. The maximum atomic E-state index is 11.8. The first-order valence-electron chi connectivity index (χ1n) is 7.28. The molecule has 0 heterocycles. The van der Waals surface area contributed by atoms with Gasteiger partial charge in [-0.05, 0) is 51.3 Å². The highest BCUT2D eigenvalue weighted by atomic mass is 16.6. The van der Waals surface area contributed by atoms with Crippen LogP contribution in [0.15, 0.2) is 18.2 Å². The van der Waals surface area contributed by atoms with E-state index in [9.17, 15) is 24.9 Å². The number of phenolic OH excluding ortho intramolecular Hbond substituents is 1. The summed E-state index contributed by atoms with van der Waals surface area (Å²) in [6.07, 6.45) is -1.22. The molecule has 1 aromatic rings. The fraction of sp³-hybridized carbons (Fsp3) is 0.500. The predicted octanol–water partition coefficient (Wildman–Crippen LogP) is 2.22. The van der Waals surface area contributed by atoms with E-state index in [-0.39, 0.29) is 24.3 Å². The molecule has 1 amide bonds. The Kier molecular flexibility index (Phi) is 4.26. The Labute approximate surface area is 133 Å². The molecule has 1 fully saturated rings. The van der Waals surface area contributed by atoms with E-state index in [4.69, 9.17) is 4.74 Å². The predicted molar refractivity (Wildman–Crippen MR) is 82.5 cm³/mol. The smallest absolute Gasteiger partial charge is 0.412 e. The summed E-state index contributed by atoms with van der Waals surface area (Å²) in [6.45, 7) is 5.12. The molecule has 0 atom stereocenters. The van der Waals surface area contributed by atoms with Gasteiger partial charge in [0.2, 0.25) is 0 Å². The van der Waals surface area contributed by atoms with Gasteiger partial charge >= 0.3 is 12.1 Å². The van der Waals surface area contributed by atoms with Crippen molar-refractivity contribution < 1.29 is 29.6 Å². The Balaban J connectivity index is 2.26. The van der Waals surface area contributed by atoms with Crippen molar-refractivity contribution in [3.05, 3.63) is 23.8 Å². The number of carboxylic acid groups (broad SMARTS) is 1. The zero-order valence-corrected chi connectivity index (χ0v) is 13.3. The molecule has 1 aliphatic rings. The van der Waals surface area contributed by atoms with Crippen LogP contribution in [0.25, 0.3) is 0 Å². The molecule has 0 bridgehead atoms. The van der Waals surface area contributed by atoms with Gasteiger partial charge in [-0.2, -0.15) is 0 Å². The molecule has 126 valence electrons. The lowest BCUT2D eigenvalue weighted by Gasteiger charge is -2.42. The molecule has 4 N–H and O–H groups in total. The molecule has 23 heavy (non-hydrogen) atoms. The number of carbonyl (C=O) groups is 2. The zero-order chi connectivity index (χ0) is 17.4. The van der Waals surface area contributed by atoms with Crippen molar-refractivity contribution in [2.45, 2.75) is 50.7 Å². The number of aliphatic carboxylic acids is 1. The van der Waals surface area contributed by atoms with Crippen molar-refractivity contribution in [3.8, 4) is 5.75 Å². The number of carbonyl (C=O) groups excluding carboxylic acids is 1. The number of aliphatic hydroxyl groups is 1. The molecule has 0 spiro atoms. The van der Waals surface area contributed by atoms with Crippen LogP contribution < -0.4 is 5.32 Å². The van der Waals surface area contributed by atoms with E-state index in [1.165, 1.54) is 18.2 Å². The third-order valence-corrected chi connectivity index (χ3v) is 3.76. The Bertz CT molecular complexity index is 628. The second kappa shape index (κ2) is 5.73. The van der Waals surface area contributed by atoms with Crippen molar-refractivity contribution in [1.82, 2.24) is 0 Å². The van der Waals surface area contributed by atoms with E-state index in [0.29, 0.717) is 5.56 Å². The van der Waals surface area contributed by atoms with Gasteiger partial charge in [0.1, 0.15) is 11.4 Å². The normalized spacial score (nSPS) is 23.7. The number of benzene rings is 1. The molecule has 1 saturated carbocycles. The molecule has 0 aliphatic heterocycles. The molecule has 0 unspecified atom stereocenters. The number of aliphatic hydroxyl groups excluding tert-OH is 1. The largest absolute Gasteiger partial charge is 0.506 e. The minimum atomic E-state index is -1.20. The molecular formula is C16H21NO6. The quantitative estimate of drug-likeness (QED) is 0.634. The fourth-order valence-corrected chi connectivity index (χ4v) is 2.63. The van der Waals surface area contributed by atoms with Gasteiger partial charge in [0.15, 0.2) is 0 Å². The van der Waals surface area contributed by atoms with Gasteiger partial charge in [0.25, 0.3) is 0 Å². The summed E-state index contributed by atoms with van der Waals surface area (Å²) in [7, 11) is 0. The van der Waals surface area contributed by atoms with E-state index in [1.54, 1.807) is 20.8 Å². The van der Waals surface area contributed by atoms with Crippen LogP contribution in [0.5, 0.6) is 5.75 Å². The van der Waals surface area contributed by atoms with Crippen LogP contribution in [0.3, 0.4) is 0 Å². The second-order valence-electron chi connectivity index (χ2n) is 6.81. The average molecular weight is 323 g/mol. The Morgan fingerprint density at radius 3 is 2.39 bits per heavy atom. The molecule has 1 aromatic carbocycles. The van der Waals surface area contributed by atoms with Crippen LogP contribution in [-0.2, 0) is 14.9 Å². The van der Waals surface area contributed by atoms with Gasteiger partial charge in [-0.15, -0.1) is 0 Å². The summed E-state index contributed by atoms with van der Waals surface area (Å²) in [4.78, 5) is 23.4. The monoisotopic (exact) mass is 323 g/mol. The highest BCUT2D eigenvalue weighted by molar-refractivity contribution is 5.88. The fourth-order valence-electron chi connectivity index (χ4n) is 2.63. The maximum Gasteiger partial charge on any atom is 0.412 e. The van der Waals surface area contributed by atoms with E-state index in [1.807, 2.05) is 0 Å². The number of carboxylic acids is 1. The van der Waals surface area contributed by atoms with Crippen molar-refractivity contribution in [1.29, 1.82) is 0 Å². The number of rotatable bonds is 3. The Hall–Kier alpha value is -2.28. The number of anilines is 1. The molecule has 0 saturated heterocycles. The molecule has 7 nitrogen and oxygen atoms in total. The first-order valence-corrected chi connectivity index (χ1v) is 7.28. The molecule has 0 radical (unpaired) electrons. The number of hydrogen-bond acceptors (Lipinski definition) is 5. The van der Waals surface area contributed by atoms with Gasteiger partial charge < -0.3 is 20.1 Å². The Morgan fingerprint density at radius 2 is 1.91 bits per heavy atom. The highest BCUT2D eigenvalue weighted by Crippen LogP contribution is 2.45. The van der Waals surface area contributed by atoms with Gasteiger partial charge in [-0.1, -0.05) is 6.07 Å². The number of nitrogens with one attached hydrogen (secondary N) is 1. The number of phenols is 1. The van der Waals surface area contributed by atoms with Crippen LogP contribution in [0.2, 0.25) is 0 Å². The van der Waals surface area contributed by atoms with Crippen LogP contribution in [-0.4, -0.2) is 39.1 Å². The summed E-state index contributed by atoms with van der Waals surface area (Å²) in [5, 5.41) is 31.2. The number of amides is 1. The van der Waals surface area contributed by atoms with E-state index in [2.05, 4.69) is 5.32 Å². The van der Waals surface area contributed by atoms with Gasteiger partial charge in [0, 0.05) is 0 Å². The van der Waals surface area contributed by atoms with E-state index in [0.717, 1.165) is 0 Å². The Morgan fingerprint density at radius 1 is 1.30 bits per heavy atom. The number of hydrogen-bond donors (Lipinski definition) is 4. The van der Waals surface area contributed by atoms with E-state index < -0.39 is 29.2 Å². The maximum absolute atomic E-state index is 11.8. The van der Waals surface area contributed by atoms with Crippen molar-refractivity contribution in [2.24, 2.45) is 0 Å². The molecule has 1 aliphatic carbocycles. The van der Waals surface area contributed by atoms with Crippen molar-refractivity contribution in [3.63, 3.8) is 0 Å².